The van der Waals surface area contributed by atoms with Gasteiger partial charge in [-0.15, -0.1) is 0 Å². The normalized spacial score (nSPS) is 13.0. The molecule has 0 spiro atoms. The first-order chi connectivity index (χ1) is 12.6. The highest BCUT2D eigenvalue weighted by Gasteiger charge is 2.39. The molecule has 4 rings (SSSR count). The van der Waals surface area contributed by atoms with Crippen LogP contribution in [0.5, 0.6) is 0 Å². The number of carbonyl (C=O) groups is 3. The average Bonchev–Trinajstić information content (AvgIpc) is 3.16. The van der Waals surface area contributed by atoms with E-state index in [1.165, 1.54) is 18.3 Å². The Labute approximate surface area is 148 Å². The van der Waals surface area contributed by atoms with Crippen molar-refractivity contribution < 1.29 is 19.2 Å². The van der Waals surface area contributed by atoms with Gasteiger partial charge < -0.3 is 4.84 Å². The fraction of sp³-hybridized carbons (Fsp3) is 0.0526. The van der Waals surface area contributed by atoms with E-state index in [0.717, 1.165) is 5.69 Å². The minimum Gasteiger partial charge on any atom is -0.323 e. The van der Waals surface area contributed by atoms with Crippen molar-refractivity contribution in [3.05, 3.63) is 83.4 Å². The van der Waals surface area contributed by atoms with Crippen molar-refractivity contribution in [2.24, 2.45) is 0 Å². The van der Waals surface area contributed by atoms with Gasteiger partial charge in [-0.2, -0.15) is 0 Å². The van der Waals surface area contributed by atoms with Crippen LogP contribution in [0.3, 0.4) is 0 Å². The monoisotopic (exact) mass is 347 g/mol. The number of amides is 2. The first kappa shape index (κ1) is 15.8. The molecule has 2 aromatic carbocycles. The van der Waals surface area contributed by atoms with E-state index in [-0.39, 0.29) is 16.8 Å². The third-order valence-electron chi connectivity index (χ3n) is 4.09. The molecule has 1 aromatic heterocycles. The summed E-state index contributed by atoms with van der Waals surface area (Å²) in [5.41, 5.74) is 1.25. The predicted molar refractivity (Wildman–Crippen MR) is 90.7 cm³/mol. The molecule has 0 bridgehead atoms. The van der Waals surface area contributed by atoms with E-state index in [4.69, 9.17) is 4.84 Å². The Hall–Kier alpha value is -3.74. The molecular formula is C19H13N3O4. The van der Waals surface area contributed by atoms with Gasteiger partial charge >= 0.3 is 5.97 Å². The molecule has 0 fully saturated rings. The van der Waals surface area contributed by atoms with Gasteiger partial charge in [0.25, 0.3) is 11.8 Å². The van der Waals surface area contributed by atoms with Crippen LogP contribution in [0.25, 0.3) is 5.69 Å². The van der Waals surface area contributed by atoms with E-state index >= 15 is 0 Å². The molecule has 0 aliphatic carbocycles. The van der Waals surface area contributed by atoms with Crippen LogP contribution in [0.2, 0.25) is 0 Å². The van der Waals surface area contributed by atoms with Gasteiger partial charge in [-0.25, -0.2) is 9.78 Å². The van der Waals surface area contributed by atoms with E-state index in [9.17, 15) is 14.4 Å². The lowest BCUT2D eigenvalue weighted by Gasteiger charge is -2.14. The molecule has 26 heavy (non-hydrogen) atoms. The number of rotatable bonds is 3. The lowest BCUT2D eigenvalue weighted by molar-refractivity contribution is -0.0590. The van der Waals surface area contributed by atoms with Gasteiger partial charge in [0, 0.05) is 5.69 Å². The zero-order valence-corrected chi connectivity index (χ0v) is 13.7. The minimum atomic E-state index is -0.844. The fourth-order valence-electron chi connectivity index (χ4n) is 2.87. The summed E-state index contributed by atoms with van der Waals surface area (Å²) in [7, 11) is 0. The highest BCUT2D eigenvalue weighted by atomic mass is 16.7. The van der Waals surface area contributed by atoms with Crippen LogP contribution in [0.15, 0.2) is 60.8 Å². The Morgan fingerprint density at radius 1 is 0.923 bits per heavy atom. The molecule has 0 unspecified atom stereocenters. The Morgan fingerprint density at radius 2 is 1.50 bits per heavy atom. The summed E-state index contributed by atoms with van der Waals surface area (Å²) < 4.78 is 1.60. The summed E-state index contributed by atoms with van der Waals surface area (Å²) >= 11 is 0. The molecule has 7 heteroatoms. The van der Waals surface area contributed by atoms with Crippen LogP contribution in [-0.2, 0) is 4.84 Å². The first-order valence-electron chi connectivity index (χ1n) is 7.88. The zero-order valence-electron chi connectivity index (χ0n) is 13.7. The highest BCUT2D eigenvalue weighted by molar-refractivity contribution is 6.21. The summed E-state index contributed by atoms with van der Waals surface area (Å²) in [5, 5.41) is 0.491. The van der Waals surface area contributed by atoms with E-state index in [1.54, 1.807) is 23.6 Å². The number of hydrogen-bond acceptors (Lipinski definition) is 5. The Kier molecular flexibility index (Phi) is 3.62. The number of aryl methyl sites for hydroxylation is 1. The number of carbonyl (C=O) groups excluding carboxylic acids is 3. The number of hydrogen-bond donors (Lipinski definition) is 0. The maximum atomic E-state index is 12.6. The Morgan fingerprint density at radius 3 is 2.12 bits per heavy atom. The molecule has 0 atom stereocenters. The van der Waals surface area contributed by atoms with Crippen LogP contribution in [-0.4, -0.2) is 32.4 Å². The number of imidazole rings is 1. The van der Waals surface area contributed by atoms with E-state index in [0.29, 0.717) is 10.9 Å². The van der Waals surface area contributed by atoms with Crippen molar-refractivity contribution in [2.75, 3.05) is 0 Å². The highest BCUT2D eigenvalue weighted by Crippen LogP contribution is 2.24. The van der Waals surface area contributed by atoms with Crippen LogP contribution < -0.4 is 0 Å². The van der Waals surface area contributed by atoms with E-state index < -0.39 is 17.8 Å². The third-order valence-corrected chi connectivity index (χ3v) is 4.09. The summed E-state index contributed by atoms with van der Waals surface area (Å²) in [6.07, 6.45) is 1.35. The number of imide groups is 1. The zero-order chi connectivity index (χ0) is 18.3. The number of fused-ring (bicyclic) bond motifs is 1. The molecule has 0 saturated carbocycles. The van der Waals surface area contributed by atoms with E-state index in [1.807, 2.05) is 30.3 Å². The van der Waals surface area contributed by atoms with Crippen molar-refractivity contribution in [3.63, 3.8) is 0 Å². The second-order valence-corrected chi connectivity index (χ2v) is 5.69. The number of hydroxylamine groups is 2. The molecule has 3 aromatic rings. The van der Waals surface area contributed by atoms with Gasteiger partial charge in [-0.1, -0.05) is 35.4 Å². The molecule has 0 N–H and O–H groups in total. The van der Waals surface area contributed by atoms with Crippen molar-refractivity contribution in [1.82, 2.24) is 14.6 Å². The summed E-state index contributed by atoms with van der Waals surface area (Å²) in [6, 6.07) is 15.4. The number of para-hydroxylation sites is 1. The summed E-state index contributed by atoms with van der Waals surface area (Å²) in [5.74, 6) is -1.60. The second kappa shape index (κ2) is 5.96. The van der Waals surface area contributed by atoms with Crippen LogP contribution in [0.4, 0.5) is 0 Å². The maximum Gasteiger partial charge on any atom is 0.382 e. The van der Waals surface area contributed by atoms with Gasteiger partial charge in [-0.3, -0.25) is 14.2 Å². The Balaban J connectivity index is 1.65. The van der Waals surface area contributed by atoms with Gasteiger partial charge in [0.1, 0.15) is 5.82 Å². The quantitative estimate of drug-likeness (QED) is 0.680. The van der Waals surface area contributed by atoms with Crippen LogP contribution in [0, 0.1) is 6.92 Å². The summed E-state index contributed by atoms with van der Waals surface area (Å²) in [6.45, 7) is 1.74. The molecule has 1 aliphatic heterocycles. The van der Waals surface area contributed by atoms with Gasteiger partial charge in [0.05, 0.1) is 17.3 Å². The van der Waals surface area contributed by atoms with Crippen molar-refractivity contribution in [3.8, 4) is 5.69 Å². The number of benzene rings is 2. The largest absolute Gasteiger partial charge is 0.382 e. The molecule has 2 amide bonds. The molecule has 0 radical (unpaired) electrons. The lowest BCUT2D eigenvalue weighted by atomic mass is 10.1. The SMILES string of the molecule is Cc1ncc(C(=O)ON2C(=O)c3ccccc3C2=O)n1-c1ccccc1. The number of nitrogens with zero attached hydrogens (tertiary/aromatic N) is 3. The predicted octanol–water partition coefficient (Wildman–Crippen LogP) is 2.55. The maximum absolute atomic E-state index is 12.6. The topological polar surface area (TPSA) is 81.5 Å². The Bertz CT molecular complexity index is 1000. The average molecular weight is 347 g/mol. The molecular weight excluding hydrogens is 334 g/mol. The van der Waals surface area contributed by atoms with Crippen molar-refractivity contribution in [2.45, 2.75) is 6.92 Å². The van der Waals surface area contributed by atoms with E-state index in [2.05, 4.69) is 4.98 Å². The van der Waals surface area contributed by atoms with Crippen molar-refractivity contribution in [1.29, 1.82) is 0 Å². The van der Waals surface area contributed by atoms with Gasteiger partial charge in [-0.05, 0) is 31.2 Å². The molecule has 128 valence electrons. The van der Waals surface area contributed by atoms with Gasteiger partial charge in [0.2, 0.25) is 0 Å². The molecule has 1 aliphatic rings. The standard InChI is InChI=1S/C19H13N3O4/c1-12-20-11-16(21(12)13-7-3-2-4-8-13)19(25)26-22-17(23)14-9-5-6-10-15(14)18(22)24/h2-11H,1H3. The molecule has 0 saturated heterocycles. The first-order valence-corrected chi connectivity index (χ1v) is 7.88. The minimum absolute atomic E-state index is 0.116. The molecule has 2 heterocycles. The second-order valence-electron chi connectivity index (χ2n) is 5.69. The summed E-state index contributed by atoms with van der Waals surface area (Å²) in [4.78, 5) is 46.6. The van der Waals surface area contributed by atoms with Crippen molar-refractivity contribution >= 4 is 17.8 Å². The number of aromatic nitrogens is 2. The van der Waals surface area contributed by atoms with Gasteiger partial charge in [0.15, 0.2) is 5.69 Å². The lowest BCUT2D eigenvalue weighted by Crippen LogP contribution is -2.33. The third kappa shape index (κ3) is 2.37. The molecule has 7 nitrogen and oxygen atoms in total. The van der Waals surface area contributed by atoms with Crippen LogP contribution in [0.1, 0.15) is 37.0 Å². The fourth-order valence-corrected chi connectivity index (χ4v) is 2.87. The van der Waals surface area contributed by atoms with Crippen LogP contribution >= 0.6 is 0 Å². The smallest absolute Gasteiger partial charge is 0.323 e.